The van der Waals surface area contributed by atoms with Crippen LogP contribution in [0.1, 0.15) is 17.5 Å². The first-order valence-electron chi connectivity index (χ1n) is 4.49. The zero-order valence-electron chi connectivity index (χ0n) is 8.03. The average molecular weight is 213 g/mol. The van der Waals surface area contributed by atoms with Gasteiger partial charge in [-0.15, -0.1) is 11.6 Å². The van der Waals surface area contributed by atoms with Crippen LogP contribution >= 0.6 is 11.6 Å². The molecule has 0 fully saturated rings. The standard InChI is InChI=1S/C11H13ClO2/c1-8-3-2-4-9(5-8)6-10(12)7-11(13)14/h2-5,10H,6-7H2,1H3,(H,13,14). The van der Waals surface area contributed by atoms with Crippen LogP contribution in [0.3, 0.4) is 0 Å². The maximum Gasteiger partial charge on any atom is 0.304 e. The molecule has 2 nitrogen and oxygen atoms in total. The molecule has 0 bridgehead atoms. The number of aryl methyl sites for hydroxylation is 1. The molecule has 0 saturated carbocycles. The Balaban J connectivity index is 2.55. The Morgan fingerprint density at radius 1 is 1.57 bits per heavy atom. The summed E-state index contributed by atoms with van der Waals surface area (Å²) in [5.41, 5.74) is 2.26. The SMILES string of the molecule is Cc1cccc(CC(Cl)CC(=O)O)c1. The molecule has 0 aliphatic rings. The summed E-state index contributed by atoms with van der Waals surface area (Å²) in [6.45, 7) is 2.00. The van der Waals surface area contributed by atoms with E-state index in [9.17, 15) is 4.79 Å². The third kappa shape index (κ3) is 3.79. The summed E-state index contributed by atoms with van der Waals surface area (Å²) in [7, 11) is 0. The Morgan fingerprint density at radius 2 is 2.29 bits per heavy atom. The van der Waals surface area contributed by atoms with E-state index in [2.05, 4.69) is 0 Å². The van der Waals surface area contributed by atoms with Gasteiger partial charge in [-0.1, -0.05) is 29.8 Å². The van der Waals surface area contributed by atoms with E-state index in [-0.39, 0.29) is 11.8 Å². The molecule has 0 amide bonds. The molecule has 1 unspecified atom stereocenters. The lowest BCUT2D eigenvalue weighted by Gasteiger charge is -2.06. The van der Waals surface area contributed by atoms with Crippen molar-refractivity contribution in [2.24, 2.45) is 0 Å². The number of rotatable bonds is 4. The summed E-state index contributed by atoms with van der Waals surface area (Å²) in [4.78, 5) is 10.4. The molecule has 0 spiro atoms. The van der Waals surface area contributed by atoms with Gasteiger partial charge in [0.1, 0.15) is 0 Å². The number of halogens is 1. The number of carboxylic acid groups (broad SMARTS) is 1. The lowest BCUT2D eigenvalue weighted by Crippen LogP contribution is -2.09. The minimum atomic E-state index is -0.849. The number of aliphatic carboxylic acids is 1. The molecule has 0 radical (unpaired) electrons. The number of hydrogen-bond donors (Lipinski definition) is 1. The maximum atomic E-state index is 10.4. The number of carbonyl (C=O) groups is 1. The molecule has 3 heteroatoms. The summed E-state index contributed by atoms with van der Waals surface area (Å²) in [6.07, 6.45) is 0.616. The van der Waals surface area contributed by atoms with Crippen molar-refractivity contribution in [2.75, 3.05) is 0 Å². The first-order chi connectivity index (χ1) is 6.58. The van der Waals surface area contributed by atoms with Crippen LogP contribution in [-0.4, -0.2) is 16.5 Å². The summed E-state index contributed by atoms with van der Waals surface area (Å²) >= 11 is 5.88. The Labute approximate surface area is 88.5 Å². The third-order valence-electron chi connectivity index (χ3n) is 1.94. The number of alkyl halides is 1. The molecular weight excluding hydrogens is 200 g/mol. The zero-order chi connectivity index (χ0) is 10.6. The Bertz CT molecular complexity index is 323. The topological polar surface area (TPSA) is 37.3 Å². The fourth-order valence-electron chi connectivity index (χ4n) is 1.36. The highest BCUT2D eigenvalue weighted by molar-refractivity contribution is 6.21. The summed E-state index contributed by atoms with van der Waals surface area (Å²) in [6, 6.07) is 7.94. The van der Waals surface area contributed by atoms with E-state index < -0.39 is 5.97 Å². The minimum absolute atomic E-state index is 0.00942. The molecule has 0 saturated heterocycles. The quantitative estimate of drug-likeness (QED) is 0.780. The number of carboxylic acids is 1. The molecule has 1 atom stereocenters. The van der Waals surface area contributed by atoms with Crippen LogP contribution in [0.2, 0.25) is 0 Å². The van der Waals surface area contributed by atoms with Crippen LogP contribution in [0.15, 0.2) is 24.3 Å². The Kier molecular flexibility index (Phi) is 3.96. The van der Waals surface area contributed by atoms with Crippen LogP contribution in [0.25, 0.3) is 0 Å². The second-order valence-electron chi connectivity index (χ2n) is 3.39. The first kappa shape index (κ1) is 11.1. The number of hydrogen-bond acceptors (Lipinski definition) is 1. The summed E-state index contributed by atoms with van der Waals surface area (Å²) in [5.74, 6) is -0.849. The average Bonchev–Trinajstić information content (AvgIpc) is 2.01. The van der Waals surface area contributed by atoms with Gasteiger partial charge in [-0.05, 0) is 18.9 Å². The summed E-state index contributed by atoms with van der Waals surface area (Å²) in [5, 5.41) is 8.21. The van der Waals surface area contributed by atoms with Crippen molar-refractivity contribution in [3.63, 3.8) is 0 Å². The molecule has 0 heterocycles. The van der Waals surface area contributed by atoms with Gasteiger partial charge in [-0.25, -0.2) is 0 Å². The molecule has 1 aromatic rings. The predicted octanol–water partition coefficient (Wildman–Crippen LogP) is 2.62. The highest BCUT2D eigenvalue weighted by atomic mass is 35.5. The van der Waals surface area contributed by atoms with Gasteiger partial charge in [0.05, 0.1) is 6.42 Å². The van der Waals surface area contributed by atoms with Gasteiger partial charge < -0.3 is 5.11 Å². The van der Waals surface area contributed by atoms with Crippen molar-refractivity contribution in [3.8, 4) is 0 Å². The number of benzene rings is 1. The monoisotopic (exact) mass is 212 g/mol. The zero-order valence-corrected chi connectivity index (χ0v) is 8.79. The molecule has 1 rings (SSSR count). The normalized spacial score (nSPS) is 12.4. The van der Waals surface area contributed by atoms with Crippen LogP contribution in [0.5, 0.6) is 0 Å². The second kappa shape index (κ2) is 5.01. The highest BCUT2D eigenvalue weighted by Crippen LogP contribution is 2.12. The van der Waals surface area contributed by atoms with Crippen molar-refractivity contribution >= 4 is 17.6 Å². The van der Waals surface area contributed by atoms with E-state index in [1.165, 1.54) is 5.56 Å². The molecule has 0 aliphatic heterocycles. The maximum absolute atomic E-state index is 10.4. The second-order valence-corrected chi connectivity index (χ2v) is 4.01. The fraction of sp³-hybridized carbons (Fsp3) is 0.364. The van der Waals surface area contributed by atoms with Gasteiger partial charge in [0.15, 0.2) is 0 Å². The van der Waals surface area contributed by atoms with Gasteiger partial charge >= 0.3 is 5.97 Å². The van der Waals surface area contributed by atoms with Crippen molar-refractivity contribution < 1.29 is 9.90 Å². The van der Waals surface area contributed by atoms with Crippen LogP contribution < -0.4 is 0 Å². The van der Waals surface area contributed by atoms with Crippen LogP contribution in [-0.2, 0) is 11.2 Å². The molecular formula is C11H13ClO2. The van der Waals surface area contributed by atoms with Crippen molar-refractivity contribution in [1.82, 2.24) is 0 Å². The molecule has 0 aromatic heterocycles. The summed E-state index contributed by atoms with van der Waals surface area (Å²) < 4.78 is 0. The first-order valence-corrected chi connectivity index (χ1v) is 4.93. The van der Waals surface area contributed by atoms with E-state index >= 15 is 0 Å². The molecule has 14 heavy (non-hydrogen) atoms. The third-order valence-corrected chi connectivity index (χ3v) is 2.24. The predicted molar refractivity (Wildman–Crippen MR) is 56.8 cm³/mol. The van der Waals surface area contributed by atoms with Gasteiger partial charge in [0.25, 0.3) is 0 Å². The van der Waals surface area contributed by atoms with E-state index in [4.69, 9.17) is 16.7 Å². The molecule has 1 aromatic carbocycles. The lowest BCUT2D eigenvalue weighted by molar-refractivity contribution is -0.137. The van der Waals surface area contributed by atoms with Gasteiger partial charge in [0, 0.05) is 5.38 Å². The van der Waals surface area contributed by atoms with E-state index in [1.807, 2.05) is 31.2 Å². The minimum Gasteiger partial charge on any atom is -0.481 e. The molecule has 76 valence electrons. The highest BCUT2D eigenvalue weighted by Gasteiger charge is 2.10. The molecule has 1 N–H and O–H groups in total. The van der Waals surface area contributed by atoms with Gasteiger partial charge in [0.2, 0.25) is 0 Å². The Morgan fingerprint density at radius 3 is 2.86 bits per heavy atom. The van der Waals surface area contributed by atoms with Crippen molar-refractivity contribution in [1.29, 1.82) is 0 Å². The van der Waals surface area contributed by atoms with E-state index in [0.717, 1.165) is 5.56 Å². The van der Waals surface area contributed by atoms with Gasteiger partial charge in [-0.3, -0.25) is 4.79 Å². The van der Waals surface area contributed by atoms with Gasteiger partial charge in [-0.2, -0.15) is 0 Å². The fourth-order valence-corrected chi connectivity index (χ4v) is 1.67. The largest absolute Gasteiger partial charge is 0.481 e. The lowest BCUT2D eigenvalue weighted by atomic mass is 10.1. The van der Waals surface area contributed by atoms with Crippen molar-refractivity contribution in [2.45, 2.75) is 25.1 Å². The molecule has 0 aliphatic carbocycles. The van der Waals surface area contributed by atoms with Crippen LogP contribution in [0, 0.1) is 6.92 Å². The van der Waals surface area contributed by atoms with E-state index in [0.29, 0.717) is 6.42 Å². The van der Waals surface area contributed by atoms with Crippen LogP contribution in [0.4, 0.5) is 0 Å². The van der Waals surface area contributed by atoms with E-state index in [1.54, 1.807) is 0 Å². The smallest absolute Gasteiger partial charge is 0.304 e. The van der Waals surface area contributed by atoms with Crippen molar-refractivity contribution in [3.05, 3.63) is 35.4 Å². The Hall–Kier alpha value is -1.02.